The van der Waals surface area contributed by atoms with Crippen LogP contribution in [0.1, 0.15) is 56.5 Å². The van der Waals surface area contributed by atoms with E-state index in [1.807, 2.05) is 12.1 Å². The summed E-state index contributed by atoms with van der Waals surface area (Å²) in [6, 6.07) is 3.89. The fraction of sp³-hybridized carbons (Fsp3) is 0.667. The molecule has 1 aromatic rings. The van der Waals surface area contributed by atoms with E-state index in [1.165, 1.54) is 16.8 Å². The van der Waals surface area contributed by atoms with Crippen LogP contribution in [-0.2, 0) is 15.0 Å². The third kappa shape index (κ3) is 4.75. The molecule has 160 valence electrons. The monoisotopic (exact) mass is 421 g/mol. The Balaban J connectivity index is 1.29. The van der Waals surface area contributed by atoms with E-state index in [0.29, 0.717) is 56.9 Å². The van der Waals surface area contributed by atoms with Gasteiger partial charge in [-0.15, -0.1) is 0 Å². The number of piperazine rings is 1. The molecule has 3 fully saturated rings. The van der Waals surface area contributed by atoms with Crippen molar-refractivity contribution in [3.05, 3.63) is 29.7 Å². The van der Waals surface area contributed by atoms with Crippen molar-refractivity contribution >= 4 is 22.2 Å². The Bertz CT molecular complexity index is 847. The first-order valence-corrected chi connectivity index (χ1v) is 12.2. The van der Waals surface area contributed by atoms with Gasteiger partial charge in [0.05, 0.1) is 0 Å². The fourth-order valence-electron chi connectivity index (χ4n) is 4.21. The van der Waals surface area contributed by atoms with Crippen LogP contribution in [-0.4, -0.2) is 67.1 Å². The smallest absolute Gasteiger partial charge is 0.282 e. The molecular weight excluding hydrogens is 390 g/mol. The molecule has 7 nitrogen and oxygen atoms in total. The lowest BCUT2D eigenvalue weighted by molar-refractivity contribution is -0.127. The summed E-state index contributed by atoms with van der Waals surface area (Å²) in [7, 11) is -3.42. The molecule has 0 N–H and O–H groups in total. The molecular formula is C21H31N3O4S. The van der Waals surface area contributed by atoms with Crippen molar-refractivity contribution in [1.29, 1.82) is 0 Å². The Kier molecular flexibility index (Phi) is 6.13. The zero-order chi connectivity index (χ0) is 20.4. The van der Waals surface area contributed by atoms with E-state index in [4.69, 9.17) is 4.42 Å². The summed E-state index contributed by atoms with van der Waals surface area (Å²) in [6.07, 6.45) is 8.44. The molecule has 0 bridgehead atoms. The van der Waals surface area contributed by atoms with Crippen LogP contribution in [0.2, 0.25) is 0 Å². The number of amides is 1. The summed E-state index contributed by atoms with van der Waals surface area (Å²) in [4.78, 5) is 14.2. The molecule has 4 rings (SSSR count). The van der Waals surface area contributed by atoms with Crippen LogP contribution in [0.5, 0.6) is 0 Å². The van der Waals surface area contributed by atoms with E-state index in [1.54, 1.807) is 15.3 Å². The second-order valence-corrected chi connectivity index (χ2v) is 10.4. The number of hydrogen-bond donors (Lipinski definition) is 0. The maximum absolute atomic E-state index is 12.9. The van der Waals surface area contributed by atoms with Crippen LogP contribution in [0.3, 0.4) is 0 Å². The number of rotatable bonds is 5. The first kappa shape index (κ1) is 20.6. The summed E-state index contributed by atoms with van der Waals surface area (Å²) >= 11 is 0. The summed E-state index contributed by atoms with van der Waals surface area (Å²) < 4.78 is 34.7. The number of carbonyl (C=O) groups is 1. The number of nitrogens with zero attached hydrogens (tertiary/aromatic N) is 3. The molecule has 1 aliphatic carbocycles. The van der Waals surface area contributed by atoms with Gasteiger partial charge in [0.15, 0.2) is 0 Å². The van der Waals surface area contributed by atoms with Crippen LogP contribution in [0, 0.1) is 5.92 Å². The minimum Gasteiger partial charge on any atom is -0.461 e. The van der Waals surface area contributed by atoms with Gasteiger partial charge in [-0.25, -0.2) is 0 Å². The molecule has 2 saturated heterocycles. The van der Waals surface area contributed by atoms with Gasteiger partial charge in [0.2, 0.25) is 5.91 Å². The summed E-state index contributed by atoms with van der Waals surface area (Å²) in [5, 5.41) is 0. The zero-order valence-electron chi connectivity index (χ0n) is 17.1. The molecule has 2 atom stereocenters. The Morgan fingerprint density at radius 1 is 1.00 bits per heavy atom. The van der Waals surface area contributed by atoms with E-state index >= 15 is 0 Å². The van der Waals surface area contributed by atoms with E-state index in [0.717, 1.165) is 31.4 Å². The Morgan fingerprint density at radius 3 is 2.24 bits per heavy atom. The van der Waals surface area contributed by atoms with Gasteiger partial charge in [-0.3, -0.25) is 4.79 Å². The number of carbonyl (C=O) groups excluding carboxylic acids is 1. The molecule has 2 unspecified atom stereocenters. The maximum atomic E-state index is 12.9. The lowest BCUT2D eigenvalue weighted by Crippen LogP contribution is -2.54. The van der Waals surface area contributed by atoms with Gasteiger partial charge >= 0.3 is 0 Å². The van der Waals surface area contributed by atoms with E-state index in [9.17, 15) is 13.2 Å². The third-order valence-corrected chi connectivity index (χ3v) is 8.32. The number of furan rings is 1. The molecule has 0 aromatic carbocycles. The molecule has 1 amide bonds. The van der Waals surface area contributed by atoms with E-state index < -0.39 is 10.2 Å². The molecule has 8 heteroatoms. The average molecular weight is 422 g/mol. The second kappa shape index (κ2) is 8.62. The fourth-order valence-corrected chi connectivity index (χ4v) is 5.88. The van der Waals surface area contributed by atoms with Gasteiger partial charge in [-0.1, -0.05) is 19.8 Å². The van der Waals surface area contributed by atoms with Crippen LogP contribution in [0.15, 0.2) is 22.6 Å². The molecule has 2 aliphatic heterocycles. The standard InChI is InChI=1S/C21H31N3O4S/c1-17-16-19(17)20-8-6-18(28-20)7-9-21(25)22-12-14-24(15-13-22)29(26,27)23-10-4-2-3-5-11-23/h6-9,17,19H,2-5,10-16H2,1H3/b9-7+. The molecule has 0 radical (unpaired) electrons. The normalized spacial score (nSPS) is 27.3. The Hall–Kier alpha value is -1.64. The highest BCUT2D eigenvalue weighted by Gasteiger charge is 2.36. The minimum absolute atomic E-state index is 0.102. The van der Waals surface area contributed by atoms with E-state index in [-0.39, 0.29) is 5.91 Å². The van der Waals surface area contributed by atoms with Crippen molar-refractivity contribution in [2.45, 2.75) is 44.9 Å². The van der Waals surface area contributed by atoms with Crippen molar-refractivity contribution in [3.8, 4) is 0 Å². The maximum Gasteiger partial charge on any atom is 0.282 e. The zero-order valence-corrected chi connectivity index (χ0v) is 17.9. The highest BCUT2D eigenvalue weighted by Crippen LogP contribution is 2.47. The van der Waals surface area contributed by atoms with Crippen LogP contribution < -0.4 is 0 Å². The van der Waals surface area contributed by atoms with Crippen molar-refractivity contribution in [2.75, 3.05) is 39.3 Å². The van der Waals surface area contributed by atoms with Gasteiger partial charge in [0.1, 0.15) is 11.5 Å². The van der Waals surface area contributed by atoms with Crippen LogP contribution in [0.4, 0.5) is 0 Å². The molecule has 3 aliphatic rings. The lowest BCUT2D eigenvalue weighted by Gasteiger charge is -2.36. The SMILES string of the molecule is CC1CC1c1ccc(/C=C/C(=O)N2CCN(S(=O)(=O)N3CCCCCC3)CC2)o1. The van der Waals surface area contributed by atoms with Gasteiger partial charge in [0.25, 0.3) is 10.2 Å². The summed E-state index contributed by atoms with van der Waals surface area (Å²) in [6.45, 7) is 4.95. The van der Waals surface area contributed by atoms with Gasteiger partial charge < -0.3 is 9.32 Å². The van der Waals surface area contributed by atoms with E-state index in [2.05, 4.69) is 6.92 Å². The van der Waals surface area contributed by atoms with Gasteiger partial charge in [-0.2, -0.15) is 17.0 Å². The van der Waals surface area contributed by atoms with Crippen LogP contribution >= 0.6 is 0 Å². The van der Waals surface area contributed by atoms with Gasteiger partial charge in [-0.05, 0) is 43.4 Å². The van der Waals surface area contributed by atoms with Crippen molar-refractivity contribution in [1.82, 2.24) is 13.5 Å². The van der Waals surface area contributed by atoms with Crippen molar-refractivity contribution in [2.24, 2.45) is 5.92 Å². The van der Waals surface area contributed by atoms with Crippen LogP contribution in [0.25, 0.3) is 6.08 Å². The summed E-state index contributed by atoms with van der Waals surface area (Å²) in [5.41, 5.74) is 0. The molecule has 29 heavy (non-hydrogen) atoms. The first-order chi connectivity index (χ1) is 13.9. The highest BCUT2D eigenvalue weighted by atomic mass is 32.2. The molecule has 1 aromatic heterocycles. The van der Waals surface area contributed by atoms with Crippen molar-refractivity contribution in [3.63, 3.8) is 0 Å². The topological polar surface area (TPSA) is 74.1 Å². The van der Waals surface area contributed by atoms with Gasteiger partial charge in [0, 0.05) is 51.3 Å². The molecule has 1 saturated carbocycles. The molecule has 0 spiro atoms. The predicted octanol–water partition coefficient (Wildman–Crippen LogP) is 2.68. The van der Waals surface area contributed by atoms with Crippen molar-refractivity contribution < 1.29 is 17.6 Å². The Labute approximate surface area is 173 Å². The lowest BCUT2D eigenvalue weighted by atomic mass is 10.2. The average Bonchev–Trinajstić information content (AvgIpc) is 3.37. The third-order valence-electron chi connectivity index (χ3n) is 6.28. The first-order valence-electron chi connectivity index (χ1n) is 10.8. The number of hydrogen-bond acceptors (Lipinski definition) is 4. The molecule has 3 heterocycles. The summed E-state index contributed by atoms with van der Waals surface area (Å²) in [5.74, 6) is 2.79. The predicted molar refractivity (Wildman–Crippen MR) is 111 cm³/mol. The largest absolute Gasteiger partial charge is 0.461 e. The second-order valence-electron chi connectivity index (χ2n) is 8.44. The highest BCUT2D eigenvalue weighted by molar-refractivity contribution is 7.86. The minimum atomic E-state index is -3.42. The Morgan fingerprint density at radius 2 is 1.62 bits per heavy atom. The quantitative estimate of drug-likeness (QED) is 0.685.